The van der Waals surface area contributed by atoms with Crippen molar-refractivity contribution in [2.24, 2.45) is 5.92 Å². The highest BCUT2D eigenvalue weighted by atomic mass is 16.5. The van der Waals surface area contributed by atoms with Crippen LogP contribution in [0.25, 0.3) is 0 Å². The van der Waals surface area contributed by atoms with Crippen LogP contribution in [0.1, 0.15) is 25.8 Å². The van der Waals surface area contributed by atoms with Gasteiger partial charge in [0.25, 0.3) is 0 Å². The summed E-state index contributed by atoms with van der Waals surface area (Å²) in [6, 6.07) is 3.97. The van der Waals surface area contributed by atoms with E-state index >= 15 is 0 Å². The molecule has 0 saturated carbocycles. The van der Waals surface area contributed by atoms with E-state index in [2.05, 4.69) is 24.1 Å². The number of ether oxygens (including phenoxy) is 1. The van der Waals surface area contributed by atoms with Crippen LogP contribution in [0.5, 0.6) is 5.88 Å². The van der Waals surface area contributed by atoms with Gasteiger partial charge in [-0.05, 0) is 18.5 Å². The third kappa shape index (κ3) is 3.88. The maximum atomic E-state index is 5.18. The predicted octanol–water partition coefficient (Wildman–Crippen LogP) is 2.23. The van der Waals surface area contributed by atoms with E-state index in [0.717, 1.165) is 18.7 Å². The van der Waals surface area contributed by atoms with Crippen LogP contribution < -0.4 is 10.1 Å². The molecule has 1 unspecified atom stereocenters. The van der Waals surface area contributed by atoms with Crippen LogP contribution in [0, 0.1) is 5.92 Å². The van der Waals surface area contributed by atoms with Gasteiger partial charge in [0.15, 0.2) is 0 Å². The van der Waals surface area contributed by atoms with E-state index in [-0.39, 0.29) is 0 Å². The van der Waals surface area contributed by atoms with Gasteiger partial charge in [0.1, 0.15) is 0 Å². The molecular formula is C12H20N2O. The average Bonchev–Trinajstić information content (AvgIpc) is 2.29. The second-order valence-corrected chi connectivity index (χ2v) is 3.82. The standard InChI is InChI=1S/C12H20N2O/c1-4-10(2)8-13-9-11-6-5-7-14-12(11)15-3/h5-7,10,13H,4,8-9H2,1-3H3. The molecule has 1 aromatic heterocycles. The third-order valence-corrected chi connectivity index (χ3v) is 2.55. The highest BCUT2D eigenvalue weighted by molar-refractivity contribution is 5.24. The quantitative estimate of drug-likeness (QED) is 0.778. The monoisotopic (exact) mass is 208 g/mol. The van der Waals surface area contributed by atoms with Gasteiger partial charge in [-0.1, -0.05) is 26.3 Å². The first-order valence-electron chi connectivity index (χ1n) is 5.46. The summed E-state index contributed by atoms with van der Waals surface area (Å²) in [6.45, 7) is 6.31. The van der Waals surface area contributed by atoms with Crippen molar-refractivity contribution in [1.29, 1.82) is 0 Å². The fraction of sp³-hybridized carbons (Fsp3) is 0.583. The second kappa shape index (κ2) is 6.40. The molecule has 0 bridgehead atoms. The van der Waals surface area contributed by atoms with Gasteiger partial charge < -0.3 is 10.1 Å². The summed E-state index contributed by atoms with van der Waals surface area (Å²) in [4.78, 5) is 4.15. The van der Waals surface area contributed by atoms with Crippen LogP contribution in [0.3, 0.4) is 0 Å². The molecule has 0 aromatic carbocycles. The molecular weight excluding hydrogens is 188 g/mol. The van der Waals surface area contributed by atoms with Crippen molar-refractivity contribution < 1.29 is 4.74 Å². The van der Waals surface area contributed by atoms with Gasteiger partial charge in [-0.15, -0.1) is 0 Å². The Bertz CT molecular complexity index is 289. The number of hydrogen-bond acceptors (Lipinski definition) is 3. The highest BCUT2D eigenvalue weighted by Crippen LogP contribution is 2.12. The Hall–Kier alpha value is -1.09. The Morgan fingerprint density at radius 2 is 2.33 bits per heavy atom. The molecule has 84 valence electrons. The Kier molecular flexibility index (Phi) is 5.12. The largest absolute Gasteiger partial charge is 0.481 e. The normalized spacial score (nSPS) is 12.5. The first-order valence-corrected chi connectivity index (χ1v) is 5.46. The van der Waals surface area contributed by atoms with E-state index in [1.807, 2.05) is 12.1 Å². The Labute approximate surface area is 91.9 Å². The number of nitrogens with zero attached hydrogens (tertiary/aromatic N) is 1. The number of pyridine rings is 1. The minimum atomic E-state index is 0.715. The molecule has 3 heteroatoms. The van der Waals surface area contributed by atoms with E-state index in [0.29, 0.717) is 11.8 Å². The molecule has 1 aromatic rings. The lowest BCUT2D eigenvalue weighted by Crippen LogP contribution is -2.20. The number of hydrogen-bond donors (Lipinski definition) is 1. The summed E-state index contributed by atoms with van der Waals surface area (Å²) in [5.74, 6) is 1.43. The van der Waals surface area contributed by atoms with Gasteiger partial charge in [0.2, 0.25) is 5.88 Å². The van der Waals surface area contributed by atoms with E-state index in [1.54, 1.807) is 13.3 Å². The molecule has 1 heterocycles. The molecule has 0 saturated heterocycles. The molecule has 0 aliphatic rings. The lowest BCUT2D eigenvalue weighted by atomic mass is 10.1. The molecule has 1 atom stereocenters. The van der Waals surface area contributed by atoms with Gasteiger partial charge in [-0.25, -0.2) is 4.98 Å². The second-order valence-electron chi connectivity index (χ2n) is 3.82. The predicted molar refractivity (Wildman–Crippen MR) is 62.0 cm³/mol. The maximum Gasteiger partial charge on any atom is 0.217 e. The van der Waals surface area contributed by atoms with Crippen LogP contribution in [0.15, 0.2) is 18.3 Å². The summed E-state index contributed by atoms with van der Waals surface area (Å²) in [5, 5.41) is 3.41. The molecule has 0 aliphatic heterocycles. The molecule has 15 heavy (non-hydrogen) atoms. The number of methoxy groups -OCH3 is 1. The number of aromatic nitrogens is 1. The van der Waals surface area contributed by atoms with Crippen molar-refractivity contribution in [3.8, 4) is 5.88 Å². The lowest BCUT2D eigenvalue weighted by molar-refractivity contribution is 0.389. The Morgan fingerprint density at radius 3 is 3.00 bits per heavy atom. The summed E-state index contributed by atoms with van der Waals surface area (Å²) in [6.07, 6.45) is 2.95. The first kappa shape index (κ1) is 12.0. The average molecular weight is 208 g/mol. The molecule has 0 amide bonds. The van der Waals surface area contributed by atoms with Gasteiger partial charge >= 0.3 is 0 Å². The summed E-state index contributed by atoms with van der Waals surface area (Å²) in [7, 11) is 1.65. The zero-order chi connectivity index (χ0) is 11.1. The van der Waals surface area contributed by atoms with E-state index < -0.39 is 0 Å². The van der Waals surface area contributed by atoms with Crippen molar-refractivity contribution in [2.45, 2.75) is 26.8 Å². The van der Waals surface area contributed by atoms with Gasteiger partial charge in [0.05, 0.1) is 7.11 Å². The molecule has 0 aliphatic carbocycles. The zero-order valence-corrected chi connectivity index (χ0v) is 9.79. The third-order valence-electron chi connectivity index (χ3n) is 2.55. The number of rotatable bonds is 6. The molecule has 1 rings (SSSR count). The van der Waals surface area contributed by atoms with Crippen LogP contribution in [0.2, 0.25) is 0 Å². The summed E-state index contributed by atoms with van der Waals surface area (Å²) < 4.78 is 5.18. The van der Waals surface area contributed by atoms with Crippen LogP contribution in [0.4, 0.5) is 0 Å². The molecule has 3 nitrogen and oxygen atoms in total. The minimum absolute atomic E-state index is 0.715. The zero-order valence-electron chi connectivity index (χ0n) is 9.79. The van der Waals surface area contributed by atoms with Crippen molar-refractivity contribution >= 4 is 0 Å². The van der Waals surface area contributed by atoms with Crippen LogP contribution in [-0.2, 0) is 6.54 Å². The Morgan fingerprint density at radius 1 is 1.53 bits per heavy atom. The molecule has 0 fully saturated rings. The lowest BCUT2D eigenvalue weighted by Gasteiger charge is -2.11. The van der Waals surface area contributed by atoms with E-state index in [4.69, 9.17) is 4.74 Å². The van der Waals surface area contributed by atoms with Crippen LogP contribution >= 0.6 is 0 Å². The fourth-order valence-electron chi connectivity index (χ4n) is 1.34. The minimum Gasteiger partial charge on any atom is -0.481 e. The smallest absolute Gasteiger partial charge is 0.217 e. The molecule has 0 radical (unpaired) electrons. The van der Waals surface area contributed by atoms with Gasteiger partial charge in [-0.3, -0.25) is 0 Å². The van der Waals surface area contributed by atoms with Crippen LogP contribution in [-0.4, -0.2) is 18.6 Å². The fourth-order valence-corrected chi connectivity index (χ4v) is 1.34. The molecule has 1 N–H and O–H groups in total. The van der Waals surface area contributed by atoms with E-state index in [1.165, 1.54) is 6.42 Å². The van der Waals surface area contributed by atoms with Crippen molar-refractivity contribution in [3.63, 3.8) is 0 Å². The topological polar surface area (TPSA) is 34.2 Å². The molecule has 0 spiro atoms. The van der Waals surface area contributed by atoms with E-state index in [9.17, 15) is 0 Å². The van der Waals surface area contributed by atoms with Crippen molar-refractivity contribution in [2.75, 3.05) is 13.7 Å². The number of nitrogens with one attached hydrogen (secondary N) is 1. The summed E-state index contributed by atoms with van der Waals surface area (Å²) >= 11 is 0. The SMILES string of the molecule is CCC(C)CNCc1cccnc1OC. The van der Waals surface area contributed by atoms with Crippen molar-refractivity contribution in [3.05, 3.63) is 23.9 Å². The first-order chi connectivity index (χ1) is 7.27. The summed E-state index contributed by atoms with van der Waals surface area (Å²) in [5.41, 5.74) is 1.11. The van der Waals surface area contributed by atoms with Gasteiger partial charge in [-0.2, -0.15) is 0 Å². The van der Waals surface area contributed by atoms with Gasteiger partial charge in [0, 0.05) is 18.3 Å². The highest BCUT2D eigenvalue weighted by Gasteiger charge is 2.03. The maximum absolute atomic E-state index is 5.18. The van der Waals surface area contributed by atoms with Crippen molar-refractivity contribution in [1.82, 2.24) is 10.3 Å². The Balaban J connectivity index is 2.43.